The van der Waals surface area contributed by atoms with E-state index in [9.17, 15) is 14.0 Å². The molecule has 0 saturated carbocycles. The molecule has 2 amide bonds. The van der Waals surface area contributed by atoms with E-state index in [1.165, 1.54) is 12.1 Å². The molecule has 0 aliphatic carbocycles. The minimum Gasteiger partial charge on any atom is -0.339 e. The Morgan fingerprint density at radius 2 is 1.77 bits per heavy atom. The summed E-state index contributed by atoms with van der Waals surface area (Å²) in [5.41, 5.74) is 1.66. The van der Waals surface area contributed by atoms with Crippen LogP contribution in [0.25, 0.3) is 17.5 Å². The van der Waals surface area contributed by atoms with Crippen LogP contribution in [0.1, 0.15) is 18.4 Å². The van der Waals surface area contributed by atoms with Gasteiger partial charge in [0.25, 0.3) is 0 Å². The van der Waals surface area contributed by atoms with Crippen LogP contribution >= 0.6 is 11.5 Å². The highest BCUT2D eigenvalue weighted by Crippen LogP contribution is 2.24. The van der Waals surface area contributed by atoms with Gasteiger partial charge in [0, 0.05) is 42.2 Å². The van der Waals surface area contributed by atoms with Gasteiger partial charge in [-0.05, 0) is 48.7 Å². The third kappa shape index (κ3) is 5.40. The van der Waals surface area contributed by atoms with Gasteiger partial charge in [-0.25, -0.2) is 4.39 Å². The smallest absolute Gasteiger partial charge is 0.246 e. The molecule has 4 rings (SSSR count). The lowest BCUT2D eigenvalue weighted by Gasteiger charge is -2.30. The number of nitrogens with zero attached hydrogens (tertiary/aromatic N) is 3. The molecule has 8 heteroatoms. The number of anilines is 1. The molecular formula is C23H21FN4O2S. The first-order valence-corrected chi connectivity index (χ1v) is 10.8. The highest BCUT2D eigenvalue weighted by atomic mass is 32.1. The number of nitrogens with one attached hydrogen (secondary N) is 1. The first kappa shape index (κ1) is 20.9. The Labute approximate surface area is 183 Å². The molecule has 6 nitrogen and oxygen atoms in total. The van der Waals surface area contributed by atoms with Crippen molar-refractivity contribution in [2.75, 3.05) is 18.4 Å². The van der Waals surface area contributed by atoms with Gasteiger partial charge in [-0.3, -0.25) is 9.59 Å². The molecule has 158 valence electrons. The zero-order valence-corrected chi connectivity index (χ0v) is 17.5. The van der Waals surface area contributed by atoms with Crippen molar-refractivity contribution >= 4 is 34.6 Å². The van der Waals surface area contributed by atoms with Crippen LogP contribution in [0.3, 0.4) is 0 Å². The molecule has 2 heterocycles. The number of rotatable bonds is 5. The van der Waals surface area contributed by atoms with Crippen molar-refractivity contribution in [3.05, 3.63) is 72.1 Å². The average molecular weight is 437 g/mol. The van der Waals surface area contributed by atoms with Crippen LogP contribution in [-0.2, 0) is 9.59 Å². The van der Waals surface area contributed by atoms with Gasteiger partial charge in [-0.2, -0.15) is 9.36 Å². The summed E-state index contributed by atoms with van der Waals surface area (Å²) in [7, 11) is 0. The maximum absolute atomic E-state index is 13.1. The predicted octanol–water partition coefficient (Wildman–Crippen LogP) is 4.23. The molecule has 1 N–H and O–H groups in total. The Kier molecular flexibility index (Phi) is 6.47. The van der Waals surface area contributed by atoms with Gasteiger partial charge in [-0.15, -0.1) is 0 Å². The molecule has 0 bridgehead atoms. The molecule has 1 aromatic heterocycles. The molecule has 1 fully saturated rings. The van der Waals surface area contributed by atoms with Crippen molar-refractivity contribution < 1.29 is 14.0 Å². The van der Waals surface area contributed by atoms with Crippen LogP contribution in [0.5, 0.6) is 0 Å². The standard InChI is InChI=1S/C23H21FN4O2S/c24-19-9-7-17(8-10-19)21-25-23(31-27-21)26-22(30)18-12-14-28(15-13-18)20(29)11-6-16-4-2-1-3-5-16/h1-11,18H,12-15H2,(H,25,26,27,30)/b11-6+. The number of hydrogen-bond acceptors (Lipinski definition) is 5. The van der Waals surface area contributed by atoms with E-state index in [1.54, 1.807) is 29.2 Å². The summed E-state index contributed by atoms with van der Waals surface area (Å²) in [5, 5.41) is 3.23. The van der Waals surface area contributed by atoms with Gasteiger partial charge < -0.3 is 10.2 Å². The molecule has 0 spiro atoms. The van der Waals surface area contributed by atoms with Crippen molar-refractivity contribution in [1.29, 1.82) is 0 Å². The second kappa shape index (κ2) is 9.61. The highest BCUT2D eigenvalue weighted by Gasteiger charge is 2.27. The van der Waals surface area contributed by atoms with Gasteiger partial charge in [0.2, 0.25) is 16.9 Å². The monoisotopic (exact) mass is 436 g/mol. The summed E-state index contributed by atoms with van der Waals surface area (Å²) in [6.07, 6.45) is 4.57. The number of aromatic nitrogens is 2. The number of benzene rings is 2. The van der Waals surface area contributed by atoms with Gasteiger partial charge >= 0.3 is 0 Å². The number of carbonyl (C=O) groups excluding carboxylic acids is 2. The Hall–Kier alpha value is -3.39. The van der Waals surface area contributed by atoms with E-state index in [2.05, 4.69) is 14.7 Å². The summed E-state index contributed by atoms with van der Waals surface area (Å²) in [4.78, 5) is 31.1. The van der Waals surface area contributed by atoms with Crippen LogP contribution in [0.15, 0.2) is 60.7 Å². The zero-order valence-electron chi connectivity index (χ0n) is 16.7. The minimum absolute atomic E-state index is 0.0456. The fourth-order valence-electron chi connectivity index (χ4n) is 3.40. The Balaban J connectivity index is 1.28. The maximum atomic E-state index is 13.1. The largest absolute Gasteiger partial charge is 0.339 e. The first-order chi connectivity index (χ1) is 15.1. The third-order valence-electron chi connectivity index (χ3n) is 5.15. The third-order valence-corrected chi connectivity index (χ3v) is 5.78. The molecule has 1 aliphatic rings. The molecule has 3 aromatic rings. The SMILES string of the molecule is O=C(Nc1nc(-c2ccc(F)cc2)ns1)C1CCN(C(=O)/C=C/c2ccccc2)CC1. The van der Waals surface area contributed by atoms with Crippen LogP contribution in [0.2, 0.25) is 0 Å². The summed E-state index contributed by atoms with van der Waals surface area (Å²) >= 11 is 1.09. The van der Waals surface area contributed by atoms with E-state index >= 15 is 0 Å². The molecule has 0 atom stereocenters. The summed E-state index contributed by atoms with van der Waals surface area (Å²) in [5.74, 6) is -0.219. The second-order valence-electron chi connectivity index (χ2n) is 7.26. The number of hydrogen-bond donors (Lipinski definition) is 1. The molecule has 2 aromatic carbocycles. The number of carbonyl (C=O) groups is 2. The molecule has 31 heavy (non-hydrogen) atoms. The lowest BCUT2D eigenvalue weighted by Crippen LogP contribution is -2.40. The van der Waals surface area contributed by atoms with E-state index in [-0.39, 0.29) is 23.5 Å². The molecule has 0 unspecified atom stereocenters. The Bertz CT molecular complexity index is 1070. The lowest BCUT2D eigenvalue weighted by atomic mass is 9.96. The van der Waals surface area contributed by atoms with Crippen molar-refractivity contribution in [3.63, 3.8) is 0 Å². The van der Waals surface area contributed by atoms with Crippen LogP contribution in [0.4, 0.5) is 9.52 Å². The van der Waals surface area contributed by atoms with E-state index in [0.29, 0.717) is 42.5 Å². The zero-order chi connectivity index (χ0) is 21.6. The highest BCUT2D eigenvalue weighted by molar-refractivity contribution is 7.10. The van der Waals surface area contributed by atoms with Gasteiger partial charge in [0.1, 0.15) is 5.82 Å². The fraction of sp³-hybridized carbons (Fsp3) is 0.217. The number of amides is 2. The van der Waals surface area contributed by atoms with Crippen LogP contribution < -0.4 is 5.32 Å². The summed E-state index contributed by atoms with van der Waals surface area (Å²) in [6, 6.07) is 15.6. The topological polar surface area (TPSA) is 75.2 Å². The summed E-state index contributed by atoms with van der Waals surface area (Å²) < 4.78 is 17.3. The fourth-order valence-corrected chi connectivity index (χ4v) is 3.99. The van der Waals surface area contributed by atoms with E-state index < -0.39 is 0 Å². The lowest BCUT2D eigenvalue weighted by molar-refractivity contribution is -0.130. The van der Waals surface area contributed by atoms with Gasteiger partial charge in [0.15, 0.2) is 5.82 Å². The van der Waals surface area contributed by atoms with Crippen molar-refractivity contribution in [2.45, 2.75) is 12.8 Å². The summed E-state index contributed by atoms with van der Waals surface area (Å²) in [6.45, 7) is 1.07. The normalized spacial score (nSPS) is 14.7. The maximum Gasteiger partial charge on any atom is 0.246 e. The first-order valence-electron chi connectivity index (χ1n) is 10.0. The molecule has 0 radical (unpaired) electrons. The Morgan fingerprint density at radius 1 is 1.06 bits per heavy atom. The number of likely N-dealkylation sites (tertiary alicyclic amines) is 1. The van der Waals surface area contributed by atoms with Crippen LogP contribution in [0, 0.1) is 11.7 Å². The van der Waals surface area contributed by atoms with Gasteiger partial charge in [-0.1, -0.05) is 30.3 Å². The van der Waals surface area contributed by atoms with E-state index in [1.807, 2.05) is 30.3 Å². The molecule has 1 saturated heterocycles. The number of halogens is 1. The Morgan fingerprint density at radius 3 is 2.48 bits per heavy atom. The quantitative estimate of drug-likeness (QED) is 0.607. The van der Waals surface area contributed by atoms with E-state index in [4.69, 9.17) is 0 Å². The minimum atomic E-state index is -0.326. The predicted molar refractivity (Wildman–Crippen MR) is 119 cm³/mol. The number of piperidine rings is 1. The van der Waals surface area contributed by atoms with Gasteiger partial charge in [0.05, 0.1) is 0 Å². The van der Waals surface area contributed by atoms with E-state index in [0.717, 1.165) is 17.1 Å². The van der Waals surface area contributed by atoms with Crippen molar-refractivity contribution in [3.8, 4) is 11.4 Å². The van der Waals surface area contributed by atoms with Crippen molar-refractivity contribution in [2.24, 2.45) is 5.92 Å². The second-order valence-corrected chi connectivity index (χ2v) is 8.01. The molecular weight excluding hydrogens is 415 g/mol. The van der Waals surface area contributed by atoms with Crippen LogP contribution in [-0.4, -0.2) is 39.2 Å². The average Bonchev–Trinajstić information content (AvgIpc) is 3.27. The molecule has 1 aliphatic heterocycles. The van der Waals surface area contributed by atoms with Crippen molar-refractivity contribution in [1.82, 2.24) is 14.3 Å².